The van der Waals surface area contributed by atoms with Crippen molar-refractivity contribution in [3.8, 4) is 5.75 Å². The molecule has 0 aliphatic rings. The third-order valence-electron chi connectivity index (χ3n) is 6.42. The van der Waals surface area contributed by atoms with Gasteiger partial charge in [-0.1, -0.05) is 18.7 Å². The Labute approximate surface area is 203 Å². The van der Waals surface area contributed by atoms with E-state index in [0.29, 0.717) is 52.1 Å². The van der Waals surface area contributed by atoms with Gasteiger partial charge in [-0.2, -0.15) is 0 Å². The standard InChI is InChI=1S/C27H22N4O5/c1-2-23(32)36-12-5-3-4-11-35-22-10-9-16-24-15(22)7-6-8-17(24)26(33)31-21-14-19-18(29-27(34)30-19)13-20(21)28-25(16)31/h2,6-10,13-14H,1,3-5,11-12H2,(H2,29,30,34). The molecule has 0 spiro atoms. The van der Waals surface area contributed by atoms with Gasteiger partial charge in [0.15, 0.2) is 0 Å². The van der Waals surface area contributed by atoms with Crippen LogP contribution in [0.3, 0.4) is 0 Å². The molecule has 6 aromatic rings. The Bertz CT molecular complexity index is 1910. The smallest absolute Gasteiger partial charge is 0.330 e. The number of pyridine rings is 1. The third-order valence-corrected chi connectivity index (χ3v) is 6.42. The molecule has 3 aromatic carbocycles. The highest BCUT2D eigenvalue weighted by molar-refractivity contribution is 6.17. The van der Waals surface area contributed by atoms with Crippen molar-refractivity contribution >= 4 is 55.2 Å². The molecular formula is C27H22N4O5. The van der Waals surface area contributed by atoms with Crippen molar-refractivity contribution in [1.29, 1.82) is 0 Å². The van der Waals surface area contributed by atoms with Gasteiger partial charge >= 0.3 is 11.7 Å². The Morgan fingerprint density at radius 3 is 2.58 bits per heavy atom. The van der Waals surface area contributed by atoms with Gasteiger partial charge in [0, 0.05) is 27.6 Å². The van der Waals surface area contributed by atoms with E-state index in [9.17, 15) is 14.4 Å². The van der Waals surface area contributed by atoms with Crippen LogP contribution in [0.5, 0.6) is 5.75 Å². The molecule has 0 saturated heterocycles. The predicted molar refractivity (Wildman–Crippen MR) is 138 cm³/mol. The molecule has 0 bridgehead atoms. The number of carbonyl (C=O) groups excluding carboxylic acids is 1. The first kappa shape index (κ1) is 21.8. The van der Waals surface area contributed by atoms with E-state index in [1.165, 1.54) is 0 Å². The minimum Gasteiger partial charge on any atom is -0.493 e. The van der Waals surface area contributed by atoms with Crippen molar-refractivity contribution in [3.05, 3.63) is 76.0 Å². The summed E-state index contributed by atoms with van der Waals surface area (Å²) >= 11 is 0. The average Bonchev–Trinajstić information content (AvgIpc) is 3.43. The van der Waals surface area contributed by atoms with E-state index in [0.717, 1.165) is 41.5 Å². The Morgan fingerprint density at radius 1 is 0.972 bits per heavy atom. The number of rotatable bonds is 8. The van der Waals surface area contributed by atoms with Crippen LogP contribution in [-0.2, 0) is 9.53 Å². The lowest BCUT2D eigenvalue weighted by molar-refractivity contribution is -0.137. The van der Waals surface area contributed by atoms with Gasteiger partial charge in [-0.3, -0.25) is 9.20 Å². The highest BCUT2D eigenvalue weighted by atomic mass is 16.5. The van der Waals surface area contributed by atoms with Crippen LogP contribution in [0.2, 0.25) is 0 Å². The van der Waals surface area contributed by atoms with Gasteiger partial charge in [-0.15, -0.1) is 0 Å². The SMILES string of the molecule is C=CC(=O)OCCCCCOc1ccc2c3c1cccc3c(=O)n1c3cc4[nH]c(=O)[nH]c4cc3nc21. The summed E-state index contributed by atoms with van der Waals surface area (Å²) in [5, 5.41) is 3.10. The van der Waals surface area contributed by atoms with Crippen LogP contribution in [0, 0.1) is 0 Å². The lowest BCUT2D eigenvalue weighted by Crippen LogP contribution is -2.13. The molecular weight excluding hydrogens is 460 g/mol. The van der Waals surface area contributed by atoms with Gasteiger partial charge in [0.2, 0.25) is 0 Å². The van der Waals surface area contributed by atoms with Crippen LogP contribution in [-0.4, -0.2) is 38.5 Å². The van der Waals surface area contributed by atoms with Gasteiger partial charge < -0.3 is 19.4 Å². The summed E-state index contributed by atoms with van der Waals surface area (Å²) < 4.78 is 12.7. The first-order valence-electron chi connectivity index (χ1n) is 11.7. The maximum atomic E-state index is 13.6. The van der Waals surface area contributed by atoms with Crippen molar-refractivity contribution in [2.24, 2.45) is 0 Å². The topological polar surface area (TPSA) is 119 Å². The molecule has 0 unspecified atom stereocenters. The number of hydrogen-bond acceptors (Lipinski definition) is 6. The molecule has 0 aliphatic carbocycles. The summed E-state index contributed by atoms with van der Waals surface area (Å²) in [5.41, 5.74) is 2.61. The molecule has 0 aliphatic heterocycles. The van der Waals surface area contributed by atoms with Gasteiger partial charge in [-0.05, 0) is 49.6 Å². The molecule has 0 atom stereocenters. The summed E-state index contributed by atoms with van der Waals surface area (Å²) in [6.45, 7) is 4.24. The van der Waals surface area contributed by atoms with Gasteiger partial charge in [-0.25, -0.2) is 14.6 Å². The van der Waals surface area contributed by atoms with Crippen molar-refractivity contribution in [2.75, 3.05) is 13.2 Å². The van der Waals surface area contributed by atoms with E-state index in [4.69, 9.17) is 14.5 Å². The average molecular weight is 482 g/mol. The Kier molecular flexibility index (Phi) is 5.18. The number of fused-ring (bicyclic) bond motifs is 5. The highest BCUT2D eigenvalue weighted by Crippen LogP contribution is 2.35. The number of hydrogen-bond donors (Lipinski definition) is 2. The number of carbonyl (C=O) groups is 1. The van der Waals surface area contributed by atoms with Crippen LogP contribution >= 0.6 is 0 Å². The predicted octanol–water partition coefficient (Wildman–Crippen LogP) is 4.04. The lowest BCUT2D eigenvalue weighted by Gasteiger charge is -2.13. The second kappa shape index (κ2) is 8.53. The van der Waals surface area contributed by atoms with Crippen LogP contribution < -0.4 is 16.0 Å². The number of esters is 1. The summed E-state index contributed by atoms with van der Waals surface area (Å²) in [6, 6.07) is 13.0. The maximum absolute atomic E-state index is 13.6. The number of aromatic nitrogens is 4. The molecule has 180 valence electrons. The van der Waals surface area contributed by atoms with E-state index in [-0.39, 0.29) is 11.2 Å². The second-order valence-electron chi connectivity index (χ2n) is 8.66. The maximum Gasteiger partial charge on any atom is 0.330 e. The van der Waals surface area contributed by atoms with Crippen molar-refractivity contribution < 1.29 is 14.3 Å². The zero-order chi connectivity index (χ0) is 24.8. The minimum absolute atomic E-state index is 0.172. The molecule has 0 saturated carbocycles. The largest absolute Gasteiger partial charge is 0.493 e. The number of nitrogens with one attached hydrogen (secondary N) is 2. The number of aromatic amines is 2. The molecule has 36 heavy (non-hydrogen) atoms. The first-order chi connectivity index (χ1) is 17.5. The molecule has 9 heteroatoms. The first-order valence-corrected chi connectivity index (χ1v) is 11.7. The lowest BCUT2D eigenvalue weighted by atomic mass is 10.0. The molecule has 0 amide bonds. The van der Waals surface area contributed by atoms with Crippen LogP contribution in [0.25, 0.3) is 49.3 Å². The van der Waals surface area contributed by atoms with Crippen molar-refractivity contribution in [1.82, 2.24) is 19.4 Å². The van der Waals surface area contributed by atoms with E-state index in [1.54, 1.807) is 16.5 Å². The van der Waals surface area contributed by atoms with Crippen molar-refractivity contribution in [3.63, 3.8) is 0 Å². The number of benzene rings is 3. The molecule has 6 rings (SSSR count). The number of imidazole rings is 2. The molecule has 0 fully saturated rings. The number of H-pyrrole nitrogens is 2. The summed E-state index contributed by atoms with van der Waals surface area (Å²) in [6.07, 6.45) is 3.57. The van der Waals surface area contributed by atoms with E-state index < -0.39 is 5.97 Å². The Balaban J connectivity index is 1.36. The normalized spacial score (nSPS) is 11.8. The second-order valence-corrected chi connectivity index (χ2v) is 8.66. The zero-order valence-electron chi connectivity index (χ0n) is 19.3. The fraction of sp³-hybridized carbons (Fsp3) is 0.185. The van der Waals surface area contributed by atoms with E-state index >= 15 is 0 Å². The molecule has 3 heterocycles. The zero-order valence-corrected chi connectivity index (χ0v) is 19.3. The van der Waals surface area contributed by atoms with Gasteiger partial charge in [0.25, 0.3) is 5.56 Å². The number of nitrogens with zero attached hydrogens (tertiary/aromatic N) is 2. The quantitative estimate of drug-likeness (QED) is 0.192. The molecule has 9 nitrogen and oxygen atoms in total. The summed E-state index contributed by atoms with van der Waals surface area (Å²) in [5.74, 6) is 0.294. The van der Waals surface area contributed by atoms with Crippen LogP contribution in [0.4, 0.5) is 0 Å². The monoisotopic (exact) mass is 482 g/mol. The number of ether oxygens (including phenoxy) is 2. The fourth-order valence-corrected chi connectivity index (χ4v) is 4.78. The van der Waals surface area contributed by atoms with E-state index in [1.807, 2.05) is 30.3 Å². The molecule has 3 aromatic heterocycles. The van der Waals surface area contributed by atoms with Gasteiger partial charge in [0.05, 0.1) is 35.3 Å². The number of unbranched alkanes of at least 4 members (excludes halogenated alkanes) is 2. The summed E-state index contributed by atoms with van der Waals surface area (Å²) in [4.78, 5) is 46.7. The Morgan fingerprint density at radius 2 is 1.75 bits per heavy atom. The van der Waals surface area contributed by atoms with E-state index in [2.05, 4.69) is 16.5 Å². The van der Waals surface area contributed by atoms with Crippen molar-refractivity contribution in [2.45, 2.75) is 19.3 Å². The van der Waals surface area contributed by atoms with Crippen LogP contribution in [0.15, 0.2) is 64.7 Å². The Hall–Kier alpha value is -4.66. The molecule has 2 N–H and O–H groups in total. The molecule has 0 radical (unpaired) electrons. The summed E-state index contributed by atoms with van der Waals surface area (Å²) in [7, 11) is 0. The van der Waals surface area contributed by atoms with Gasteiger partial charge in [0.1, 0.15) is 11.4 Å². The minimum atomic E-state index is -0.411. The third kappa shape index (κ3) is 3.48. The fourth-order valence-electron chi connectivity index (χ4n) is 4.78. The highest BCUT2D eigenvalue weighted by Gasteiger charge is 2.18. The van der Waals surface area contributed by atoms with Crippen LogP contribution in [0.1, 0.15) is 19.3 Å².